The van der Waals surface area contributed by atoms with Gasteiger partial charge in [-0.25, -0.2) is 0 Å². The molecule has 0 saturated heterocycles. The average molecular weight is 348 g/mol. The van der Waals surface area contributed by atoms with E-state index in [-0.39, 0.29) is 11.2 Å². The first-order chi connectivity index (χ1) is 11.0. The fourth-order valence-electron chi connectivity index (χ4n) is 2.96. The predicted molar refractivity (Wildman–Crippen MR) is 100.0 cm³/mol. The summed E-state index contributed by atoms with van der Waals surface area (Å²) >= 11 is 0. The summed E-state index contributed by atoms with van der Waals surface area (Å²) in [6.07, 6.45) is 2.23. The molecule has 133 valence electrons. The smallest absolute Gasteiger partial charge is 0.205 e. The van der Waals surface area contributed by atoms with E-state index < -0.39 is 20.7 Å². The highest BCUT2D eigenvalue weighted by molar-refractivity contribution is 6.48. The van der Waals surface area contributed by atoms with Gasteiger partial charge in [0, 0.05) is 5.56 Å². The summed E-state index contributed by atoms with van der Waals surface area (Å²) in [5, 5.41) is 20.2. The van der Waals surface area contributed by atoms with Crippen LogP contribution in [0.15, 0.2) is 18.2 Å². The minimum atomic E-state index is -1.35. The van der Waals surface area contributed by atoms with Crippen LogP contribution < -0.4 is 5.73 Å². The molecular formula is C19H31N2O2Si. The first-order valence-corrected chi connectivity index (χ1v) is 10.9. The van der Waals surface area contributed by atoms with Crippen LogP contribution in [0.1, 0.15) is 51.2 Å². The zero-order valence-electron chi connectivity index (χ0n) is 15.8. The summed E-state index contributed by atoms with van der Waals surface area (Å²) in [5.74, 6) is 0.0597. The molecule has 24 heavy (non-hydrogen) atoms. The topological polar surface area (TPSA) is 79.3 Å². The number of hydrogen-bond acceptors (Lipinski definition) is 4. The molecule has 0 aromatic heterocycles. The summed E-state index contributed by atoms with van der Waals surface area (Å²) < 4.78 is 6.13. The van der Waals surface area contributed by atoms with E-state index in [1.807, 2.05) is 26.1 Å². The van der Waals surface area contributed by atoms with Crippen molar-refractivity contribution in [1.29, 1.82) is 5.26 Å². The summed E-state index contributed by atoms with van der Waals surface area (Å²) in [7, 11) is -1.04. The number of rotatable bonds is 7. The third kappa shape index (κ3) is 5.34. The van der Waals surface area contributed by atoms with Crippen molar-refractivity contribution >= 4 is 9.04 Å². The maximum atomic E-state index is 10.3. The Bertz CT molecular complexity index is 570. The van der Waals surface area contributed by atoms with Gasteiger partial charge in [-0.05, 0) is 49.9 Å². The van der Waals surface area contributed by atoms with Crippen LogP contribution in [-0.2, 0) is 9.96 Å². The average Bonchev–Trinajstić information content (AvgIpc) is 2.44. The first-order valence-electron chi connectivity index (χ1n) is 8.47. The van der Waals surface area contributed by atoms with Crippen LogP contribution in [0.4, 0.5) is 0 Å². The second-order valence-corrected chi connectivity index (χ2v) is 9.97. The normalized spacial score (nSPS) is 15.8. The van der Waals surface area contributed by atoms with E-state index in [4.69, 9.17) is 10.2 Å². The fraction of sp³-hybridized carbons (Fsp3) is 0.632. The molecule has 2 atom stereocenters. The second-order valence-electron chi connectivity index (χ2n) is 7.92. The quantitative estimate of drug-likeness (QED) is 0.723. The molecule has 0 aliphatic carbocycles. The lowest BCUT2D eigenvalue weighted by atomic mass is 9.80. The standard InChI is InChI=1S/C19H31N2O2Si/c1-14-9-7-10-15(22)17(14)19(21,13-20)16(23-24(5)6)11-8-12-18(2,3)4/h7,9-10,16,22H,8,11-12,21H2,1-6H3. The number of aromatic hydroxyl groups is 1. The SMILES string of the molecule is Cc1cccc(O)c1C(N)(C#N)C(CCCC(C)(C)C)O[Si](C)C. The zero-order valence-corrected chi connectivity index (χ0v) is 16.8. The number of phenols is 1. The van der Waals surface area contributed by atoms with Gasteiger partial charge in [0.05, 0.1) is 12.2 Å². The van der Waals surface area contributed by atoms with Gasteiger partial charge in [0.1, 0.15) is 5.75 Å². The lowest BCUT2D eigenvalue weighted by Crippen LogP contribution is -2.50. The molecule has 1 aromatic carbocycles. The Labute approximate surface area is 148 Å². The van der Waals surface area contributed by atoms with E-state index >= 15 is 0 Å². The zero-order chi connectivity index (χ0) is 18.5. The molecular weight excluding hydrogens is 316 g/mol. The number of nitrogens with zero attached hydrogens (tertiary/aromatic N) is 1. The molecule has 1 radical (unpaired) electrons. The minimum Gasteiger partial charge on any atom is -0.508 e. The van der Waals surface area contributed by atoms with Crippen molar-refractivity contribution < 1.29 is 9.53 Å². The molecule has 1 rings (SSSR count). The third-order valence-electron chi connectivity index (χ3n) is 4.13. The van der Waals surface area contributed by atoms with Crippen molar-refractivity contribution in [1.82, 2.24) is 0 Å². The van der Waals surface area contributed by atoms with E-state index in [1.54, 1.807) is 12.1 Å². The lowest BCUT2D eigenvalue weighted by molar-refractivity contribution is 0.120. The van der Waals surface area contributed by atoms with Crippen molar-refractivity contribution in [3.8, 4) is 11.8 Å². The van der Waals surface area contributed by atoms with Gasteiger partial charge < -0.3 is 15.3 Å². The summed E-state index contributed by atoms with van der Waals surface area (Å²) in [4.78, 5) is 0. The molecule has 0 aliphatic heterocycles. The molecule has 0 aliphatic rings. The van der Waals surface area contributed by atoms with E-state index in [0.29, 0.717) is 12.0 Å². The highest BCUT2D eigenvalue weighted by atomic mass is 28.3. The molecule has 5 heteroatoms. The Kier molecular flexibility index (Phi) is 7.03. The van der Waals surface area contributed by atoms with E-state index in [9.17, 15) is 10.4 Å². The molecule has 2 unspecified atom stereocenters. The van der Waals surface area contributed by atoms with Gasteiger partial charge in [-0.15, -0.1) is 0 Å². The molecule has 0 fully saturated rings. The monoisotopic (exact) mass is 347 g/mol. The van der Waals surface area contributed by atoms with Gasteiger partial charge in [-0.2, -0.15) is 5.26 Å². The molecule has 1 aromatic rings. The van der Waals surface area contributed by atoms with Crippen LogP contribution in [0, 0.1) is 23.7 Å². The molecule has 0 saturated carbocycles. The molecule has 0 spiro atoms. The number of nitrogens with two attached hydrogens (primary N) is 1. The van der Waals surface area contributed by atoms with Crippen LogP contribution in [-0.4, -0.2) is 20.3 Å². The number of hydrogen-bond donors (Lipinski definition) is 2. The minimum absolute atomic E-state index is 0.0597. The van der Waals surface area contributed by atoms with Gasteiger partial charge in [-0.3, -0.25) is 0 Å². The Balaban J connectivity index is 3.18. The lowest BCUT2D eigenvalue weighted by Gasteiger charge is -2.35. The maximum absolute atomic E-state index is 10.3. The molecule has 3 N–H and O–H groups in total. The van der Waals surface area contributed by atoms with E-state index in [2.05, 4.69) is 26.8 Å². The van der Waals surface area contributed by atoms with Crippen LogP contribution in [0.25, 0.3) is 0 Å². The Morgan fingerprint density at radius 3 is 2.42 bits per heavy atom. The Morgan fingerprint density at radius 2 is 1.96 bits per heavy atom. The molecule has 0 amide bonds. The summed E-state index contributed by atoms with van der Waals surface area (Å²) in [6, 6.07) is 7.44. The van der Waals surface area contributed by atoms with Crippen molar-refractivity contribution in [3.63, 3.8) is 0 Å². The van der Waals surface area contributed by atoms with E-state index in [0.717, 1.165) is 18.4 Å². The Morgan fingerprint density at radius 1 is 1.33 bits per heavy atom. The number of benzene rings is 1. The van der Waals surface area contributed by atoms with Gasteiger partial charge in [0.25, 0.3) is 0 Å². The Hall–Kier alpha value is -1.35. The van der Waals surface area contributed by atoms with Crippen LogP contribution in [0.5, 0.6) is 5.75 Å². The van der Waals surface area contributed by atoms with E-state index in [1.165, 1.54) is 0 Å². The summed E-state index contributed by atoms with van der Waals surface area (Å²) in [6.45, 7) is 12.5. The predicted octanol–water partition coefficient (Wildman–Crippen LogP) is 4.23. The maximum Gasteiger partial charge on any atom is 0.205 e. The van der Waals surface area contributed by atoms with Crippen LogP contribution >= 0.6 is 0 Å². The highest BCUT2D eigenvalue weighted by Gasteiger charge is 2.41. The van der Waals surface area contributed by atoms with Gasteiger partial charge in [0.15, 0.2) is 5.54 Å². The van der Waals surface area contributed by atoms with Crippen molar-refractivity contribution in [2.45, 2.75) is 71.7 Å². The van der Waals surface area contributed by atoms with Gasteiger partial charge in [-0.1, -0.05) is 39.3 Å². The fourth-order valence-corrected chi connectivity index (χ4v) is 3.83. The van der Waals surface area contributed by atoms with Gasteiger partial charge >= 0.3 is 0 Å². The second kappa shape index (κ2) is 8.15. The van der Waals surface area contributed by atoms with Crippen LogP contribution in [0.3, 0.4) is 0 Å². The van der Waals surface area contributed by atoms with Crippen LogP contribution in [0.2, 0.25) is 13.1 Å². The molecule has 0 heterocycles. The van der Waals surface area contributed by atoms with Gasteiger partial charge in [0.2, 0.25) is 9.04 Å². The van der Waals surface area contributed by atoms with Crippen molar-refractivity contribution in [2.75, 3.05) is 0 Å². The largest absolute Gasteiger partial charge is 0.508 e. The van der Waals surface area contributed by atoms with Crippen molar-refractivity contribution in [3.05, 3.63) is 29.3 Å². The number of nitriles is 1. The third-order valence-corrected chi connectivity index (χ3v) is 4.88. The van der Waals surface area contributed by atoms with Crippen molar-refractivity contribution in [2.24, 2.45) is 11.1 Å². The molecule has 4 nitrogen and oxygen atoms in total. The first kappa shape index (κ1) is 20.7. The highest BCUT2D eigenvalue weighted by Crippen LogP contribution is 2.36. The number of aryl methyl sites for hydroxylation is 1. The summed E-state index contributed by atoms with van der Waals surface area (Å²) in [5.41, 5.74) is 6.70. The number of phenolic OH excluding ortho intramolecular Hbond substituents is 1. The molecule has 0 bridgehead atoms.